The lowest BCUT2D eigenvalue weighted by atomic mass is 9.83. The fourth-order valence-corrected chi connectivity index (χ4v) is 3.03. The molecule has 1 amide bonds. The van der Waals surface area contributed by atoms with E-state index in [0.717, 1.165) is 16.6 Å². The number of aromatic nitrogens is 4. The first-order chi connectivity index (χ1) is 11.1. The number of rotatable bonds is 3. The minimum absolute atomic E-state index is 0.140. The average molecular weight is 311 g/mol. The molecular formula is C16H17N5O2. The molecule has 3 N–H and O–H groups in total. The molecule has 0 saturated heterocycles. The van der Waals surface area contributed by atoms with Gasteiger partial charge in [-0.15, -0.1) is 0 Å². The molecular weight excluding hydrogens is 294 g/mol. The first kappa shape index (κ1) is 14.0. The molecule has 7 heteroatoms. The smallest absolute Gasteiger partial charge is 0.253 e. The quantitative estimate of drug-likeness (QED) is 0.676. The molecule has 0 spiro atoms. The molecule has 3 aromatic rings. The molecule has 1 aliphatic carbocycles. The lowest BCUT2D eigenvalue weighted by molar-refractivity contribution is -0.00590. The Hall–Kier alpha value is -2.67. The minimum Gasteiger partial charge on any atom is -0.391 e. The number of carbonyl (C=O) groups is 1. The lowest BCUT2D eigenvalue weighted by Gasteiger charge is -2.41. The summed E-state index contributed by atoms with van der Waals surface area (Å²) in [4.78, 5) is 19.7. The summed E-state index contributed by atoms with van der Waals surface area (Å²) >= 11 is 0. The first-order valence-corrected chi connectivity index (χ1v) is 7.54. The summed E-state index contributed by atoms with van der Waals surface area (Å²) in [6.45, 7) is 1.94. The number of hydrogen-bond acceptors (Lipinski definition) is 4. The highest BCUT2D eigenvalue weighted by Crippen LogP contribution is 2.32. The van der Waals surface area contributed by atoms with E-state index < -0.39 is 6.10 Å². The van der Waals surface area contributed by atoms with E-state index in [2.05, 4.69) is 20.4 Å². The predicted octanol–water partition coefficient (Wildman–Crippen LogP) is 1.17. The van der Waals surface area contributed by atoms with Gasteiger partial charge >= 0.3 is 0 Å². The molecule has 0 aliphatic heterocycles. The first-order valence-electron chi connectivity index (χ1n) is 7.54. The molecule has 0 unspecified atom stereocenters. The zero-order valence-corrected chi connectivity index (χ0v) is 12.6. The summed E-state index contributed by atoms with van der Waals surface area (Å²) in [5, 5.41) is 18.1. The van der Waals surface area contributed by atoms with Gasteiger partial charge in [-0.1, -0.05) is 0 Å². The molecule has 1 aliphatic rings. The molecule has 7 nitrogen and oxygen atoms in total. The monoisotopic (exact) mass is 311 g/mol. The maximum Gasteiger partial charge on any atom is 0.253 e. The van der Waals surface area contributed by atoms with E-state index in [1.165, 1.54) is 0 Å². The molecule has 1 saturated carbocycles. The average Bonchev–Trinajstić information content (AvgIpc) is 3.14. The molecule has 0 radical (unpaired) electrons. The summed E-state index contributed by atoms with van der Waals surface area (Å²) in [5.74, 6) is -0.189. The number of hydrogen-bond donors (Lipinski definition) is 3. The van der Waals surface area contributed by atoms with E-state index >= 15 is 0 Å². The van der Waals surface area contributed by atoms with Crippen molar-refractivity contribution in [2.45, 2.75) is 31.5 Å². The maximum atomic E-state index is 12.4. The highest BCUT2D eigenvalue weighted by Gasteiger charge is 2.42. The third-order valence-electron chi connectivity index (χ3n) is 4.32. The molecule has 118 valence electrons. The van der Waals surface area contributed by atoms with Crippen molar-refractivity contribution in [1.29, 1.82) is 0 Å². The second-order valence-electron chi connectivity index (χ2n) is 6.01. The number of H-pyrrole nitrogens is 1. The van der Waals surface area contributed by atoms with Crippen molar-refractivity contribution in [3.05, 3.63) is 48.0 Å². The SMILES string of the molecule is Cc1cnn([C@H]2[C@H](O)C[C@@H]2NC(=O)c2cnc3[nH]ccc3c2)c1. The Bertz CT molecular complexity index is 868. The van der Waals surface area contributed by atoms with Gasteiger partial charge in [0.05, 0.1) is 29.9 Å². The number of aliphatic hydroxyl groups is 1. The predicted molar refractivity (Wildman–Crippen MR) is 84.0 cm³/mol. The van der Waals surface area contributed by atoms with E-state index in [1.807, 2.05) is 19.2 Å². The van der Waals surface area contributed by atoms with E-state index in [4.69, 9.17) is 0 Å². The Balaban J connectivity index is 1.51. The van der Waals surface area contributed by atoms with Crippen LogP contribution in [0.1, 0.15) is 28.4 Å². The number of pyridine rings is 1. The van der Waals surface area contributed by atoms with Crippen LogP contribution in [0.4, 0.5) is 0 Å². The van der Waals surface area contributed by atoms with Crippen LogP contribution in [0.2, 0.25) is 0 Å². The Morgan fingerprint density at radius 1 is 1.48 bits per heavy atom. The largest absolute Gasteiger partial charge is 0.391 e. The van der Waals surface area contributed by atoms with Gasteiger partial charge in [-0.3, -0.25) is 9.48 Å². The molecule has 3 aromatic heterocycles. The number of carbonyl (C=O) groups excluding carboxylic acids is 1. The third-order valence-corrected chi connectivity index (χ3v) is 4.32. The number of aliphatic hydroxyl groups excluding tert-OH is 1. The normalized spacial score (nSPS) is 23.7. The molecule has 0 aromatic carbocycles. The van der Waals surface area contributed by atoms with Crippen LogP contribution in [0.3, 0.4) is 0 Å². The second kappa shape index (κ2) is 5.20. The number of aromatic amines is 1. The van der Waals surface area contributed by atoms with Crippen LogP contribution in [0.25, 0.3) is 11.0 Å². The van der Waals surface area contributed by atoms with Crippen molar-refractivity contribution >= 4 is 16.9 Å². The van der Waals surface area contributed by atoms with E-state index in [9.17, 15) is 9.90 Å². The molecule has 1 fully saturated rings. The summed E-state index contributed by atoms with van der Waals surface area (Å²) in [6.07, 6.45) is 6.99. The summed E-state index contributed by atoms with van der Waals surface area (Å²) in [7, 11) is 0. The van der Waals surface area contributed by atoms with Gasteiger partial charge < -0.3 is 15.4 Å². The molecule has 3 atom stereocenters. The third kappa shape index (κ3) is 2.39. The van der Waals surface area contributed by atoms with Gasteiger partial charge in [-0.2, -0.15) is 5.10 Å². The van der Waals surface area contributed by atoms with Gasteiger partial charge in [0, 0.05) is 24.0 Å². The van der Waals surface area contributed by atoms with Crippen molar-refractivity contribution in [1.82, 2.24) is 25.1 Å². The highest BCUT2D eigenvalue weighted by atomic mass is 16.3. The number of nitrogens with one attached hydrogen (secondary N) is 2. The van der Waals surface area contributed by atoms with E-state index in [1.54, 1.807) is 29.3 Å². The highest BCUT2D eigenvalue weighted by molar-refractivity contribution is 5.97. The number of aryl methyl sites for hydroxylation is 1. The van der Waals surface area contributed by atoms with Crippen LogP contribution in [-0.2, 0) is 0 Å². The van der Waals surface area contributed by atoms with Crippen LogP contribution in [0, 0.1) is 6.92 Å². The maximum absolute atomic E-state index is 12.4. The van der Waals surface area contributed by atoms with Gasteiger partial charge in [0.25, 0.3) is 5.91 Å². The van der Waals surface area contributed by atoms with Crippen LogP contribution >= 0.6 is 0 Å². The Morgan fingerprint density at radius 2 is 2.35 bits per heavy atom. The fourth-order valence-electron chi connectivity index (χ4n) is 3.03. The Kier molecular flexibility index (Phi) is 3.16. The lowest BCUT2D eigenvalue weighted by Crippen LogP contribution is -2.56. The topological polar surface area (TPSA) is 95.8 Å². The summed E-state index contributed by atoms with van der Waals surface area (Å²) in [5.41, 5.74) is 2.29. The number of amides is 1. The second-order valence-corrected chi connectivity index (χ2v) is 6.01. The van der Waals surface area contributed by atoms with Crippen LogP contribution in [-0.4, -0.2) is 42.9 Å². The van der Waals surface area contributed by atoms with Gasteiger partial charge in [0.2, 0.25) is 0 Å². The van der Waals surface area contributed by atoms with Crippen molar-refractivity contribution in [2.75, 3.05) is 0 Å². The van der Waals surface area contributed by atoms with Crippen molar-refractivity contribution in [2.24, 2.45) is 0 Å². The van der Waals surface area contributed by atoms with Crippen LogP contribution < -0.4 is 5.32 Å². The fraction of sp³-hybridized carbons (Fsp3) is 0.312. The Morgan fingerprint density at radius 3 is 3.09 bits per heavy atom. The number of fused-ring (bicyclic) bond motifs is 1. The minimum atomic E-state index is -0.495. The number of nitrogens with zero attached hydrogens (tertiary/aromatic N) is 3. The van der Waals surface area contributed by atoms with Gasteiger partial charge in [0.15, 0.2) is 0 Å². The zero-order chi connectivity index (χ0) is 16.0. The molecule has 23 heavy (non-hydrogen) atoms. The molecule has 0 bridgehead atoms. The van der Waals surface area contributed by atoms with E-state index in [0.29, 0.717) is 12.0 Å². The van der Waals surface area contributed by atoms with E-state index in [-0.39, 0.29) is 18.0 Å². The van der Waals surface area contributed by atoms with Crippen molar-refractivity contribution in [3.8, 4) is 0 Å². The standard InChI is InChI=1S/C16H17N5O2/c1-9-6-19-21(8-9)14-12(5-13(14)22)20-16(23)11-4-10-2-3-17-15(10)18-7-11/h2-4,6-8,12-14,22H,5H2,1H3,(H,17,18)(H,20,23)/t12-,13+,14+/m0/s1. The summed E-state index contributed by atoms with van der Waals surface area (Å²) < 4.78 is 1.72. The van der Waals surface area contributed by atoms with Gasteiger partial charge in [-0.25, -0.2) is 4.98 Å². The molecule has 3 heterocycles. The zero-order valence-electron chi connectivity index (χ0n) is 12.6. The van der Waals surface area contributed by atoms with Crippen LogP contribution in [0.5, 0.6) is 0 Å². The van der Waals surface area contributed by atoms with Gasteiger partial charge in [0.1, 0.15) is 5.65 Å². The summed E-state index contributed by atoms with van der Waals surface area (Å²) in [6, 6.07) is 3.31. The van der Waals surface area contributed by atoms with Crippen LogP contribution in [0.15, 0.2) is 36.9 Å². The molecule has 4 rings (SSSR count). The Labute approximate surface area is 132 Å². The van der Waals surface area contributed by atoms with Crippen molar-refractivity contribution in [3.63, 3.8) is 0 Å². The van der Waals surface area contributed by atoms with Gasteiger partial charge in [-0.05, 0) is 31.0 Å². The van der Waals surface area contributed by atoms with Crippen molar-refractivity contribution < 1.29 is 9.90 Å².